The number of ether oxygens (including phenoxy) is 2. The molecule has 3 N–H and O–H groups in total. The molecule has 0 spiro atoms. The van der Waals surface area contributed by atoms with Crippen LogP contribution in [0.15, 0.2) is 53.0 Å². The molecule has 0 saturated carbocycles. The van der Waals surface area contributed by atoms with E-state index in [1.807, 2.05) is 38.1 Å². The smallest absolute Gasteiger partial charge is 0.412 e. The summed E-state index contributed by atoms with van der Waals surface area (Å²) in [7, 11) is 0. The molecule has 2 aromatic rings. The van der Waals surface area contributed by atoms with Crippen LogP contribution < -0.4 is 10.1 Å². The lowest BCUT2D eigenvalue weighted by atomic mass is 9.80. The van der Waals surface area contributed by atoms with Gasteiger partial charge in [0.2, 0.25) is 0 Å². The number of aliphatic hydroxyl groups is 2. The minimum atomic E-state index is -0.570. The van der Waals surface area contributed by atoms with Crippen LogP contribution in [-0.2, 0) is 4.74 Å². The van der Waals surface area contributed by atoms with E-state index < -0.39 is 17.6 Å². The molecule has 0 aliphatic rings. The van der Waals surface area contributed by atoms with Crippen molar-refractivity contribution in [1.29, 1.82) is 0 Å². The van der Waals surface area contributed by atoms with E-state index in [0.29, 0.717) is 17.9 Å². The molecular weight excluding hydrogens is 426 g/mol. The topological polar surface area (TPSA) is 88.0 Å². The third-order valence-corrected chi connectivity index (χ3v) is 4.85. The van der Waals surface area contributed by atoms with Crippen LogP contribution >= 0.6 is 15.9 Å². The molecule has 0 heterocycles. The molecule has 0 radical (unpaired) electrons. The third kappa shape index (κ3) is 6.51. The van der Waals surface area contributed by atoms with E-state index in [1.54, 1.807) is 24.3 Å². The summed E-state index contributed by atoms with van der Waals surface area (Å²) in [6, 6.07) is 14.4. The van der Waals surface area contributed by atoms with E-state index in [0.717, 1.165) is 10.0 Å². The predicted molar refractivity (Wildman–Crippen MR) is 111 cm³/mol. The Morgan fingerprint density at radius 2 is 1.71 bits per heavy atom. The first kappa shape index (κ1) is 22.2. The molecule has 1 amide bonds. The van der Waals surface area contributed by atoms with E-state index in [-0.39, 0.29) is 19.8 Å². The first-order chi connectivity index (χ1) is 13.4. The molecule has 6 nitrogen and oxygen atoms in total. The normalized spacial score (nSPS) is 12.3. The molecule has 7 heteroatoms. The van der Waals surface area contributed by atoms with E-state index in [2.05, 4.69) is 21.2 Å². The van der Waals surface area contributed by atoms with Gasteiger partial charge in [0.05, 0.1) is 6.61 Å². The van der Waals surface area contributed by atoms with E-state index in [9.17, 15) is 9.90 Å². The second-order valence-electron chi connectivity index (χ2n) is 7.02. The highest BCUT2D eigenvalue weighted by molar-refractivity contribution is 9.10. The van der Waals surface area contributed by atoms with Gasteiger partial charge in [-0.2, -0.15) is 0 Å². The maximum absolute atomic E-state index is 12.5. The zero-order valence-corrected chi connectivity index (χ0v) is 17.6. The summed E-state index contributed by atoms with van der Waals surface area (Å²) in [5.74, 6) is 0.621. The number of carbonyl (C=O) groups is 1. The van der Waals surface area contributed by atoms with Crippen molar-refractivity contribution in [2.24, 2.45) is 5.41 Å². The number of hydrogen-bond donors (Lipinski definition) is 3. The first-order valence-electron chi connectivity index (χ1n) is 9.03. The van der Waals surface area contributed by atoms with Crippen LogP contribution in [-0.4, -0.2) is 36.1 Å². The molecule has 2 aromatic carbocycles. The van der Waals surface area contributed by atoms with Gasteiger partial charge in [-0.3, -0.25) is 5.32 Å². The van der Waals surface area contributed by atoms with Crippen molar-refractivity contribution in [2.75, 3.05) is 25.1 Å². The Labute approximate surface area is 173 Å². The van der Waals surface area contributed by atoms with Crippen molar-refractivity contribution in [1.82, 2.24) is 0 Å². The zero-order valence-electron chi connectivity index (χ0n) is 16.0. The summed E-state index contributed by atoms with van der Waals surface area (Å²) in [4.78, 5) is 12.5. The summed E-state index contributed by atoms with van der Waals surface area (Å²) in [5, 5.41) is 21.0. The molecule has 2 rings (SSSR count). The van der Waals surface area contributed by atoms with Gasteiger partial charge in [-0.05, 0) is 48.4 Å². The highest BCUT2D eigenvalue weighted by Crippen LogP contribution is 2.40. The number of halogens is 1. The maximum Gasteiger partial charge on any atom is 0.412 e. The molecule has 0 aromatic heterocycles. The highest BCUT2D eigenvalue weighted by atomic mass is 79.9. The average Bonchev–Trinajstić information content (AvgIpc) is 2.67. The minimum absolute atomic E-state index is 0.0150. The fourth-order valence-electron chi connectivity index (χ4n) is 2.79. The highest BCUT2D eigenvalue weighted by Gasteiger charge is 2.34. The molecule has 1 atom stereocenters. The maximum atomic E-state index is 12.5. The van der Waals surface area contributed by atoms with Crippen molar-refractivity contribution in [3.8, 4) is 5.75 Å². The third-order valence-electron chi connectivity index (χ3n) is 4.32. The molecule has 0 aliphatic carbocycles. The lowest BCUT2D eigenvalue weighted by Crippen LogP contribution is -2.29. The van der Waals surface area contributed by atoms with Gasteiger partial charge < -0.3 is 19.7 Å². The number of hydrogen-bond acceptors (Lipinski definition) is 5. The number of carbonyl (C=O) groups excluding carboxylic acids is 1. The van der Waals surface area contributed by atoms with Crippen molar-refractivity contribution in [3.05, 3.63) is 58.6 Å². The average molecular weight is 452 g/mol. The van der Waals surface area contributed by atoms with Gasteiger partial charge in [0.15, 0.2) is 0 Å². The fraction of sp³-hybridized carbons (Fsp3) is 0.381. The summed E-state index contributed by atoms with van der Waals surface area (Å²) in [6.07, 6.45) is -0.674. The van der Waals surface area contributed by atoms with Gasteiger partial charge in [-0.25, -0.2) is 4.79 Å². The Hall–Kier alpha value is -2.09. The quantitative estimate of drug-likeness (QED) is 0.521. The number of aliphatic hydroxyl groups excluding tert-OH is 2. The van der Waals surface area contributed by atoms with Crippen LogP contribution in [0.3, 0.4) is 0 Å². The van der Waals surface area contributed by atoms with Crippen molar-refractivity contribution in [3.63, 3.8) is 0 Å². The van der Waals surface area contributed by atoms with Crippen LogP contribution in [0.4, 0.5) is 10.5 Å². The van der Waals surface area contributed by atoms with E-state index in [1.165, 1.54) is 0 Å². The number of nitrogens with one attached hydrogen (secondary N) is 1. The van der Waals surface area contributed by atoms with Crippen LogP contribution in [0.25, 0.3) is 0 Å². The molecule has 0 saturated heterocycles. The Morgan fingerprint density at radius 3 is 2.29 bits per heavy atom. The molecule has 0 unspecified atom stereocenters. The standard InChI is InChI=1S/C21H26BrNO5/c1-21(2,11-12-24)19(15-3-9-18(10-4-15)27-14-13-25)28-20(26)23-17-7-5-16(22)6-8-17/h3-10,19,24-25H,11-14H2,1-2H3,(H,23,26)/t19-/m1/s1. The number of rotatable bonds is 9. The van der Waals surface area contributed by atoms with Crippen LogP contribution in [0.5, 0.6) is 5.75 Å². The van der Waals surface area contributed by atoms with Crippen LogP contribution in [0.1, 0.15) is 31.9 Å². The van der Waals surface area contributed by atoms with Crippen molar-refractivity contribution < 1.29 is 24.5 Å². The summed E-state index contributed by atoms with van der Waals surface area (Å²) >= 11 is 3.36. The van der Waals surface area contributed by atoms with Gasteiger partial charge in [0.25, 0.3) is 0 Å². The second kappa shape index (κ2) is 10.5. The molecule has 28 heavy (non-hydrogen) atoms. The number of amides is 1. The van der Waals surface area contributed by atoms with E-state index >= 15 is 0 Å². The Morgan fingerprint density at radius 1 is 1.07 bits per heavy atom. The number of anilines is 1. The summed E-state index contributed by atoms with van der Waals surface area (Å²) in [5.41, 5.74) is 0.930. The van der Waals surface area contributed by atoms with Gasteiger partial charge in [0.1, 0.15) is 18.5 Å². The Balaban J connectivity index is 2.17. The molecule has 0 bridgehead atoms. The van der Waals surface area contributed by atoms with Gasteiger partial charge in [-0.15, -0.1) is 0 Å². The zero-order chi connectivity index (χ0) is 20.6. The van der Waals surface area contributed by atoms with Crippen LogP contribution in [0, 0.1) is 5.41 Å². The monoisotopic (exact) mass is 451 g/mol. The van der Waals surface area contributed by atoms with Crippen molar-refractivity contribution in [2.45, 2.75) is 26.4 Å². The largest absolute Gasteiger partial charge is 0.491 e. The predicted octanol–water partition coefficient (Wildman–Crippen LogP) is 4.52. The second-order valence-corrected chi connectivity index (χ2v) is 7.94. The van der Waals surface area contributed by atoms with Gasteiger partial charge in [0, 0.05) is 22.2 Å². The Bertz CT molecular complexity index is 746. The minimum Gasteiger partial charge on any atom is -0.491 e. The molecule has 152 valence electrons. The number of benzene rings is 2. The molecular formula is C21H26BrNO5. The lowest BCUT2D eigenvalue weighted by Gasteiger charge is -2.33. The summed E-state index contributed by atoms with van der Waals surface area (Å²) in [6.45, 7) is 4.02. The van der Waals surface area contributed by atoms with Gasteiger partial charge in [-0.1, -0.05) is 41.9 Å². The Kier molecular flexibility index (Phi) is 8.29. The first-order valence-corrected chi connectivity index (χ1v) is 9.82. The summed E-state index contributed by atoms with van der Waals surface area (Å²) < 4.78 is 12.0. The molecule has 0 aliphatic heterocycles. The fourth-order valence-corrected chi connectivity index (χ4v) is 3.05. The lowest BCUT2D eigenvalue weighted by molar-refractivity contribution is 0.0152. The molecule has 0 fully saturated rings. The van der Waals surface area contributed by atoms with Gasteiger partial charge >= 0.3 is 6.09 Å². The van der Waals surface area contributed by atoms with Crippen molar-refractivity contribution >= 4 is 27.7 Å². The SMILES string of the molecule is CC(C)(CCO)[C@H](OC(=O)Nc1ccc(Br)cc1)c1ccc(OCCO)cc1. The van der Waals surface area contributed by atoms with Crippen LogP contribution in [0.2, 0.25) is 0 Å². The van der Waals surface area contributed by atoms with E-state index in [4.69, 9.17) is 14.6 Å².